The number of para-hydroxylation sites is 1. The highest BCUT2D eigenvalue weighted by molar-refractivity contribution is 7.92. The quantitative estimate of drug-likeness (QED) is 0.298. The van der Waals surface area contributed by atoms with Crippen LogP contribution in [0.5, 0.6) is 17.4 Å². The lowest BCUT2D eigenvalue weighted by molar-refractivity contribution is 0.114. The minimum absolute atomic E-state index is 0.118. The molecule has 0 saturated carbocycles. The highest BCUT2D eigenvalue weighted by Crippen LogP contribution is 2.37. The first-order chi connectivity index (χ1) is 18.3. The van der Waals surface area contributed by atoms with Crippen LogP contribution in [0.1, 0.15) is 17.5 Å². The van der Waals surface area contributed by atoms with Gasteiger partial charge in [0, 0.05) is 25.6 Å². The molecule has 0 spiro atoms. The first-order valence-corrected chi connectivity index (χ1v) is 13.0. The standard InChI is InChI=1S/C24H27N7O6S/c1-15-12-25-22(26-13-15)19(36-4)14-38(32,33)30-24-29-28-23(16-8-6-11-20(27-16)37-5)31(24)21-17(34-2)9-7-10-18(21)35-3/h6-13,19H,14H2,1-5H3,(H,29,30)/t19-/m0/s1. The first-order valence-electron chi connectivity index (χ1n) is 11.3. The Bertz CT molecular complexity index is 1490. The molecule has 1 atom stereocenters. The molecule has 4 aromatic rings. The minimum Gasteiger partial charge on any atom is -0.494 e. The van der Waals surface area contributed by atoms with Gasteiger partial charge in [0.1, 0.15) is 34.7 Å². The Morgan fingerprint density at radius 3 is 2.18 bits per heavy atom. The fraction of sp³-hybridized carbons (Fsp3) is 0.292. The number of aryl methyl sites for hydroxylation is 1. The third kappa shape index (κ3) is 5.65. The monoisotopic (exact) mass is 541 g/mol. The highest BCUT2D eigenvalue weighted by atomic mass is 32.2. The van der Waals surface area contributed by atoms with Crippen LogP contribution in [0.25, 0.3) is 17.2 Å². The molecular weight excluding hydrogens is 514 g/mol. The van der Waals surface area contributed by atoms with Gasteiger partial charge in [0.2, 0.25) is 21.9 Å². The Labute approximate surface area is 219 Å². The number of rotatable bonds is 11. The molecule has 13 nitrogen and oxygen atoms in total. The van der Waals surface area contributed by atoms with Crippen molar-refractivity contribution in [3.05, 3.63) is 60.2 Å². The van der Waals surface area contributed by atoms with Gasteiger partial charge in [-0.3, -0.25) is 9.29 Å². The molecule has 0 fully saturated rings. The highest BCUT2D eigenvalue weighted by Gasteiger charge is 2.28. The number of nitrogens with one attached hydrogen (secondary N) is 1. The molecule has 0 aliphatic heterocycles. The van der Waals surface area contributed by atoms with E-state index in [9.17, 15) is 8.42 Å². The molecule has 38 heavy (non-hydrogen) atoms. The van der Waals surface area contributed by atoms with Crippen molar-refractivity contribution in [2.45, 2.75) is 13.0 Å². The third-order valence-corrected chi connectivity index (χ3v) is 6.68. The van der Waals surface area contributed by atoms with Crippen molar-refractivity contribution in [1.82, 2.24) is 29.7 Å². The summed E-state index contributed by atoms with van der Waals surface area (Å²) in [5.74, 6) is 0.967. The van der Waals surface area contributed by atoms with Crippen LogP contribution >= 0.6 is 0 Å². The number of hydrogen-bond acceptors (Lipinski definition) is 11. The van der Waals surface area contributed by atoms with Crippen molar-refractivity contribution in [2.75, 3.05) is 38.9 Å². The maximum Gasteiger partial charge on any atom is 0.243 e. The molecule has 4 rings (SSSR count). The van der Waals surface area contributed by atoms with Gasteiger partial charge in [0.05, 0.1) is 21.3 Å². The van der Waals surface area contributed by atoms with Gasteiger partial charge in [-0.2, -0.15) is 0 Å². The molecule has 200 valence electrons. The molecule has 1 N–H and O–H groups in total. The summed E-state index contributed by atoms with van der Waals surface area (Å²) in [6.45, 7) is 1.83. The van der Waals surface area contributed by atoms with Crippen LogP contribution in [-0.2, 0) is 14.8 Å². The number of aromatic nitrogens is 6. The normalized spacial score (nSPS) is 12.1. The molecule has 0 saturated heterocycles. The van der Waals surface area contributed by atoms with E-state index in [1.807, 2.05) is 6.92 Å². The van der Waals surface area contributed by atoms with Crippen LogP contribution in [0, 0.1) is 6.92 Å². The van der Waals surface area contributed by atoms with E-state index in [-0.39, 0.29) is 17.6 Å². The smallest absolute Gasteiger partial charge is 0.243 e. The van der Waals surface area contributed by atoms with Crippen molar-refractivity contribution in [3.63, 3.8) is 0 Å². The Kier molecular flexibility index (Phi) is 8.02. The van der Waals surface area contributed by atoms with Gasteiger partial charge >= 0.3 is 0 Å². The van der Waals surface area contributed by atoms with E-state index in [0.29, 0.717) is 28.8 Å². The maximum atomic E-state index is 13.3. The van der Waals surface area contributed by atoms with E-state index in [0.717, 1.165) is 5.56 Å². The summed E-state index contributed by atoms with van der Waals surface area (Å²) in [5, 5.41) is 8.38. The second kappa shape index (κ2) is 11.4. The lowest BCUT2D eigenvalue weighted by Gasteiger charge is -2.18. The molecule has 14 heteroatoms. The first kappa shape index (κ1) is 26.8. The summed E-state index contributed by atoms with van der Waals surface area (Å²) in [7, 11) is 1.79. The SMILES string of the molecule is COc1cccc(-c2nnc(NS(=O)(=O)C[C@H](OC)c3ncc(C)cn3)n2-c2c(OC)cccc2OC)n1. The second-order valence-electron chi connectivity index (χ2n) is 7.99. The number of sulfonamides is 1. The Balaban J connectivity index is 1.81. The number of pyridine rings is 1. The number of ether oxygens (including phenoxy) is 4. The van der Waals surface area contributed by atoms with Gasteiger partial charge in [0.25, 0.3) is 0 Å². The predicted molar refractivity (Wildman–Crippen MR) is 138 cm³/mol. The third-order valence-electron chi connectivity index (χ3n) is 5.44. The zero-order valence-corrected chi connectivity index (χ0v) is 22.3. The second-order valence-corrected chi connectivity index (χ2v) is 9.75. The van der Waals surface area contributed by atoms with Crippen molar-refractivity contribution in [2.24, 2.45) is 0 Å². The van der Waals surface area contributed by atoms with Crippen molar-refractivity contribution in [3.8, 4) is 34.6 Å². The zero-order chi connectivity index (χ0) is 27.3. The van der Waals surface area contributed by atoms with E-state index in [1.54, 1.807) is 48.8 Å². The van der Waals surface area contributed by atoms with Gasteiger partial charge in [-0.25, -0.2) is 23.4 Å². The number of anilines is 1. The molecule has 1 aromatic carbocycles. The Morgan fingerprint density at radius 1 is 0.921 bits per heavy atom. The number of nitrogens with zero attached hydrogens (tertiary/aromatic N) is 6. The Morgan fingerprint density at radius 2 is 1.58 bits per heavy atom. The summed E-state index contributed by atoms with van der Waals surface area (Å²) in [6, 6.07) is 10.2. The van der Waals surface area contributed by atoms with E-state index in [4.69, 9.17) is 18.9 Å². The molecule has 3 heterocycles. The van der Waals surface area contributed by atoms with Gasteiger partial charge < -0.3 is 18.9 Å². The molecule has 0 radical (unpaired) electrons. The molecular formula is C24H27N7O6S. The fourth-order valence-electron chi connectivity index (χ4n) is 3.63. The van der Waals surface area contributed by atoms with Crippen molar-refractivity contribution >= 4 is 16.0 Å². The molecule has 0 unspecified atom stereocenters. The summed E-state index contributed by atoms with van der Waals surface area (Å²) in [4.78, 5) is 12.8. The maximum absolute atomic E-state index is 13.3. The molecule has 0 amide bonds. The van der Waals surface area contributed by atoms with E-state index in [2.05, 4.69) is 29.9 Å². The summed E-state index contributed by atoms with van der Waals surface area (Å²) >= 11 is 0. The number of methoxy groups -OCH3 is 4. The van der Waals surface area contributed by atoms with Gasteiger partial charge in [-0.1, -0.05) is 12.1 Å². The fourth-order valence-corrected chi connectivity index (χ4v) is 4.81. The lowest BCUT2D eigenvalue weighted by atomic mass is 10.2. The molecule has 0 aliphatic carbocycles. The summed E-state index contributed by atoms with van der Waals surface area (Å²) < 4.78 is 52.4. The predicted octanol–water partition coefficient (Wildman–Crippen LogP) is 2.58. The van der Waals surface area contributed by atoms with Gasteiger partial charge in [0.15, 0.2) is 11.6 Å². The zero-order valence-electron chi connectivity index (χ0n) is 21.4. The van der Waals surface area contributed by atoms with Crippen LogP contribution in [0.3, 0.4) is 0 Å². The lowest BCUT2D eigenvalue weighted by Crippen LogP contribution is -2.25. The van der Waals surface area contributed by atoms with E-state index < -0.39 is 21.9 Å². The van der Waals surface area contributed by atoms with Crippen LogP contribution in [0.2, 0.25) is 0 Å². The summed E-state index contributed by atoms with van der Waals surface area (Å²) in [6.07, 6.45) is 2.25. The average molecular weight is 542 g/mol. The minimum atomic E-state index is -4.06. The van der Waals surface area contributed by atoms with E-state index >= 15 is 0 Å². The molecule has 0 bridgehead atoms. The molecule has 0 aliphatic rings. The number of benzene rings is 1. The largest absolute Gasteiger partial charge is 0.494 e. The number of hydrogen-bond donors (Lipinski definition) is 1. The average Bonchev–Trinajstić information content (AvgIpc) is 3.33. The topological polar surface area (TPSA) is 152 Å². The van der Waals surface area contributed by atoms with Crippen LogP contribution in [0.4, 0.5) is 5.95 Å². The van der Waals surface area contributed by atoms with E-state index in [1.165, 1.54) is 33.0 Å². The molecule has 3 aromatic heterocycles. The van der Waals surface area contributed by atoms with Crippen LogP contribution in [0.15, 0.2) is 48.8 Å². The summed E-state index contributed by atoms with van der Waals surface area (Å²) in [5.41, 5.74) is 1.57. The Hall–Kier alpha value is -4.30. The van der Waals surface area contributed by atoms with Crippen molar-refractivity contribution < 1.29 is 27.4 Å². The van der Waals surface area contributed by atoms with Crippen LogP contribution in [-0.4, -0.2) is 72.3 Å². The van der Waals surface area contributed by atoms with Crippen molar-refractivity contribution in [1.29, 1.82) is 0 Å². The van der Waals surface area contributed by atoms with Gasteiger partial charge in [-0.05, 0) is 30.7 Å². The van der Waals surface area contributed by atoms with Crippen LogP contribution < -0.4 is 18.9 Å². The van der Waals surface area contributed by atoms with Gasteiger partial charge in [-0.15, -0.1) is 10.2 Å².